The van der Waals surface area contributed by atoms with Crippen LogP contribution < -0.4 is 0 Å². The average molecular weight is 234 g/mol. The Morgan fingerprint density at radius 1 is 1.53 bits per heavy atom. The molecule has 0 aromatic carbocycles. The van der Waals surface area contributed by atoms with Crippen molar-refractivity contribution in [3.63, 3.8) is 0 Å². The monoisotopic (exact) mass is 234 g/mol. The quantitative estimate of drug-likeness (QED) is 0.771. The minimum Gasteiger partial charge on any atom is -0.480 e. The number of hydrogen-bond donors (Lipinski definition) is 1. The third kappa shape index (κ3) is 3.91. The molecule has 1 aliphatic heterocycles. The topological polar surface area (TPSA) is 63.6 Å². The molecule has 88 valence electrons. The lowest BCUT2D eigenvalue weighted by Crippen LogP contribution is -2.30. The summed E-state index contributed by atoms with van der Waals surface area (Å²) in [5.41, 5.74) is 0. The van der Waals surface area contributed by atoms with Crippen molar-refractivity contribution in [3.8, 4) is 0 Å². The first-order valence-electron chi connectivity index (χ1n) is 5.32. The van der Waals surface area contributed by atoms with E-state index in [1.807, 2.05) is 0 Å². The van der Waals surface area contributed by atoms with E-state index in [4.69, 9.17) is 9.84 Å². The van der Waals surface area contributed by atoms with Gasteiger partial charge in [-0.2, -0.15) is 0 Å². The highest BCUT2D eigenvalue weighted by Gasteiger charge is 2.26. The zero-order valence-electron chi connectivity index (χ0n) is 8.98. The molecule has 1 rings (SSSR count). The van der Waals surface area contributed by atoms with Gasteiger partial charge in [0.05, 0.1) is 0 Å². The molecule has 0 bridgehead atoms. The summed E-state index contributed by atoms with van der Waals surface area (Å²) in [5.74, 6) is -0.0652. The van der Waals surface area contributed by atoms with E-state index in [9.17, 15) is 9.00 Å². The Balaban J connectivity index is 2.42. The van der Waals surface area contributed by atoms with Gasteiger partial charge in [-0.05, 0) is 25.2 Å². The maximum absolute atomic E-state index is 11.8. The third-order valence-electron chi connectivity index (χ3n) is 2.70. The molecule has 0 aromatic heterocycles. The standard InChI is InChI=1S/C10H18O4S/c1-2-9(10(11)12)15(13)7-8-3-5-14-6-4-8/h8-9H,2-7H2,1H3,(H,11,12). The molecule has 1 saturated heterocycles. The van der Waals surface area contributed by atoms with Gasteiger partial charge >= 0.3 is 5.97 Å². The van der Waals surface area contributed by atoms with Crippen LogP contribution >= 0.6 is 0 Å². The lowest BCUT2D eigenvalue weighted by atomic mass is 10.0. The van der Waals surface area contributed by atoms with Crippen LogP contribution in [0.1, 0.15) is 26.2 Å². The fourth-order valence-corrected chi connectivity index (χ4v) is 3.36. The van der Waals surface area contributed by atoms with E-state index in [0.717, 1.165) is 12.8 Å². The van der Waals surface area contributed by atoms with Crippen LogP contribution in [0.3, 0.4) is 0 Å². The molecule has 0 aromatic rings. The first kappa shape index (κ1) is 12.6. The second-order valence-corrected chi connectivity index (χ2v) is 5.50. The van der Waals surface area contributed by atoms with Gasteiger partial charge in [0.25, 0.3) is 0 Å². The van der Waals surface area contributed by atoms with Crippen molar-refractivity contribution in [2.24, 2.45) is 5.92 Å². The Morgan fingerprint density at radius 3 is 2.60 bits per heavy atom. The van der Waals surface area contributed by atoms with Crippen molar-refractivity contribution in [2.75, 3.05) is 19.0 Å². The average Bonchev–Trinajstić information content (AvgIpc) is 2.19. The van der Waals surface area contributed by atoms with Crippen molar-refractivity contribution in [1.29, 1.82) is 0 Å². The molecule has 1 fully saturated rings. The van der Waals surface area contributed by atoms with E-state index in [1.165, 1.54) is 0 Å². The Bertz CT molecular complexity index is 236. The molecule has 15 heavy (non-hydrogen) atoms. The minimum atomic E-state index is -1.24. The molecule has 0 saturated carbocycles. The number of carboxylic acids is 1. The molecule has 2 unspecified atom stereocenters. The summed E-state index contributed by atoms with van der Waals surface area (Å²) in [4.78, 5) is 10.8. The van der Waals surface area contributed by atoms with E-state index in [2.05, 4.69) is 0 Å². The van der Waals surface area contributed by atoms with Crippen molar-refractivity contribution in [3.05, 3.63) is 0 Å². The maximum Gasteiger partial charge on any atom is 0.319 e. The van der Waals surface area contributed by atoms with Crippen LogP contribution in [0.2, 0.25) is 0 Å². The van der Waals surface area contributed by atoms with Crippen molar-refractivity contribution in [1.82, 2.24) is 0 Å². The van der Waals surface area contributed by atoms with E-state index < -0.39 is 22.0 Å². The summed E-state index contributed by atoms with van der Waals surface area (Å²) in [5, 5.41) is 8.15. The molecular formula is C10H18O4S. The highest BCUT2D eigenvalue weighted by molar-refractivity contribution is 7.86. The van der Waals surface area contributed by atoms with Gasteiger partial charge in [0.1, 0.15) is 5.25 Å². The fourth-order valence-electron chi connectivity index (χ4n) is 1.73. The predicted molar refractivity (Wildman–Crippen MR) is 58.3 cm³/mol. The lowest BCUT2D eigenvalue weighted by Gasteiger charge is -2.22. The number of hydrogen-bond acceptors (Lipinski definition) is 3. The molecule has 0 amide bonds. The highest BCUT2D eigenvalue weighted by atomic mass is 32.2. The Kier molecular flexibility index (Phi) is 5.25. The highest BCUT2D eigenvalue weighted by Crippen LogP contribution is 2.17. The molecule has 1 heterocycles. The Hall–Kier alpha value is -0.420. The van der Waals surface area contributed by atoms with E-state index in [-0.39, 0.29) is 0 Å². The number of ether oxygens (including phenoxy) is 1. The van der Waals surface area contributed by atoms with E-state index >= 15 is 0 Å². The summed E-state index contributed by atoms with van der Waals surface area (Å²) in [6.07, 6.45) is 2.24. The van der Waals surface area contributed by atoms with Crippen LogP contribution in [0.15, 0.2) is 0 Å². The summed E-state index contributed by atoms with van der Waals surface area (Å²) in [7, 11) is -1.24. The van der Waals surface area contributed by atoms with E-state index in [0.29, 0.717) is 31.3 Å². The van der Waals surface area contributed by atoms with Crippen molar-refractivity contribution in [2.45, 2.75) is 31.4 Å². The van der Waals surface area contributed by atoms with Crippen LogP contribution in [0.5, 0.6) is 0 Å². The van der Waals surface area contributed by atoms with Crippen LogP contribution in [-0.4, -0.2) is 39.5 Å². The van der Waals surface area contributed by atoms with Gasteiger partial charge in [-0.3, -0.25) is 9.00 Å². The molecule has 2 atom stereocenters. The summed E-state index contributed by atoms with van der Waals surface area (Å²) < 4.78 is 17.0. The fraction of sp³-hybridized carbons (Fsp3) is 0.900. The second kappa shape index (κ2) is 6.23. The van der Waals surface area contributed by atoms with Gasteiger partial charge in [-0.25, -0.2) is 0 Å². The van der Waals surface area contributed by atoms with Gasteiger partial charge in [0, 0.05) is 29.8 Å². The van der Waals surface area contributed by atoms with Gasteiger partial charge < -0.3 is 9.84 Å². The molecule has 1 N–H and O–H groups in total. The number of carbonyl (C=O) groups is 1. The predicted octanol–water partition coefficient (Wildman–Crippen LogP) is 1.02. The molecule has 0 aliphatic carbocycles. The number of rotatable bonds is 5. The van der Waals surface area contributed by atoms with Gasteiger partial charge in [0.15, 0.2) is 0 Å². The van der Waals surface area contributed by atoms with Crippen molar-refractivity contribution < 1.29 is 18.8 Å². The molecular weight excluding hydrogens is 216 g/mol. The van der Waals surface area contributed by atoms with Crippen LogP contribution in [0.25, 0.3) is 0 Å². The molecule has 4 nitrogen and oxygen atoms in total. The van der Waals surface area contributed by atoms with Gasteiger partial charge in [0.2, 0.25) is 0 Å². The third-order valence-corrected chi connectivity index (χ3v) is 4.67. The number of carboxylic acid groups (broad SMARTS) is 1. The van der Waals surface area contributed by atoms with Gasteiger partial charge in [-0.15, -0.1) is 0 Å². The van der Waals surface area contributed by atoms with Crippen LogP contribution in [0.4, 0.5) is 0 Å². The summed E-state index contributed by atoms with van der Waals surface area (Å²) >= 11 is 0. The minimum absolute atomic E-state index is 0.369. The molecule has 0 radical (unpaired) electrons. The Morgan fingerprint density at radius 2 is 2.13 bits per heavy atom. The van der Waals surface area contributed by atoms with Crippen LogP contribution in [-0.2, 0) is 20.3 Å². The first-order valence-corrected chi connectivity index (χ1v) is 6.71. The summed E-state index contributed by atoms with van der Waals surface area (Å²) in [6.45, 7) is 3.19. The lowest BCUT2D eigenvalue weighted by molar-refractivity contribution is -0.136. The maximum atomic E-state index is 11.8. The molecule has 5 heteroatoms. The summed E-state index contributed by atoms with van der Waals surface area (Å²) in [6, 6.07) is 0. The molecule has 0 spiro atoms. The molecule has 1 aliphatic rings. The van der Waals surface area contributed by atoms with Crippen LogP contribution in [0, 0.1) is 5.92 Å². The number of aliphatic carboxylic acids is 1. The smallest absolute Gasteiger partial charge is 0.319 e. The van der Waals surface area contributed by atoms with E-state index in [1.54, 1.807) is 6.92 Å². The largest absolute Gasteiger partial charge is 0.480 e. The first-order chi connectivity index (χ1) is 7.15. The van der Waals surface area contributed by atoms with Crippen molar-refractivity contribution >= 4 is 16.8 Å². The SMILES string of the molecule is CCC(C(=O)O)S(=O)CC1CCOCC1. The normalized spacial score (nSPS) is 22.2. The zero-order valence-corrected chi connectivity index (χ0v) is 9.79. The van der Waals surface area contributed by atoms with Gasteiger partial charge in [-0.1, -0.05) is 6.92 Å². The zero-order chi connectivity index (χ0) is 11.3. The second-order valence-electron chi connectivity index (χ2n) is 3.84. The Labute approximate surface area is 92.5 Å².